The molecule has 204 valence electrons. The van der Waals surface area contributed by atoms with Crippen LogP contribution in [0.1, 0.15) is 35.7 Å². The minimum absolute atomic E-state index is 0.0798. The van der Waals surface area contributed by atoms with Crippen molar-refractivity contribution in [1.82, 2.24) is 4.57 Å². The maximum absolute atomic E-state index is 13.0. The van der Waals surface area contributed by atoms with Gasteiger partial charge in [0.1, 0.15) is 12.3 Å². The highest BCUT2D eigenvalue weighted by molar-refractivity contribution is 7.92. The van der Waals surface area contributed by atoms with Crippen molar-refractivity contribution in [2.45, 2.75) is 37.6 Å². The van der Waals surface area contributed by atoms with Crippen molar-refractivity contribution in [1.29, 1.82) is 0 Å². The van der Waals surface area contributed by atoms with E-state index >= 15 is 0 Å². The molecule has 0 bridgehead atoms. The number of ether oxygens (including phenoxy) is 2. The van der Waals surface area contributed by atoms with E-state index in [2.05, 4.69) is 22.7 Å². The van der Waals surface area contributed by atoms with Crippen molar-refractivity contribution < 1.29 is 27.5 Å². The quantitative estimate of drug-likeness (QED) is 0.276. The van der Waals surface area contributed by atoms with Crippen LogP contribution in [0, 0.1) is 0 Å². The van der Waals surface area contributed by atoms with Gasteiger partial charge in [0.2, 0.25) is 0 Å². The van der Waals surface area contributed by atoms with Crippen molar-refractivity contribution in [3.05, 3.63) is 82.7 Å². The topological polar surface area (TPSA) is 116 Å². The number of amides is 1. The number of nitrogens with zero attached hydrogens (tertiary/aromatic N) is 2. The molecular formula is C28H29N3O6S2. The molecule has 0 radical (unpaired) electrons. The number of nitrogens with one attached hydrogen (secondary N) is 1. The van der Waals surface area contributed by atoms with Crippen LogP contribution in [0.4, 0.5) is 5.69 Å². The summed E-state index contributed by atoms with van der Waals surface area (Å²) < 4.78 is 40.4. The Morgan fingerprint density at radius 2 is 1.72 bits per heavy atom. The van der Waals surface area contributed by atoms with E-state index in [1.54, 1.807) is 16.7 Å². The van der Waals surface area contributed by atoms with Crippen LogP contribution in [-0.4, -0.2) is 39.1 Å². The molecule has 0 saturated carbocycles. The summed E-state index contributed by atoms with van der Waals surface area (Å²) in [5.41, 5.74) is 2.54. The molecule has 3 aromatic carbocycles. The third kappa shape index (κ3) is 6.73. The number of rotatable bonds is 10. The van der Waals surface area contributed by atoms with Gasteiger partial charge in [-0.3, -0.25) is 14.3 Å². The molecule has 11 heteroatoms. The molecule has 0 fully saturated rings. The first kappa shape index (κ1) is 28.1. The Labute approximate surface area is 230 Å². The molecular weight excluding hydrogens is 538 g/mol. The molecule has 0 spiro atoms. The highest BCUT2D eigenvalue weighted by atomic mass is 32.2. The van der Waals surface area contributed by atoms with E-state index in [1.807, 2.05) is 12.1 Å². The van der Waals surface area contributed by atoms with Gasteiger partial charge in [-0.05, 0) is 79.1 Å². The summed E-state index contributed by atoms with van der Waals surface area (Å²) in [4.78, 5) is 29.9. The number of hydrogen-bond donors (Lipinski definition) is 1. The number of hydrogen-bond acceptors (Lipinski definition) is 7. The lowest BCUT2D eigenvalue weighted by Gasteiger charge is -2.09. The number of aromatic nitrogens is 1. The van der Waals surface area contributed by atoms with Crippen molar-refractivity contribution in [2.24, 2.45) is 4.99 Å². The molecule has 0 saturated heterocycles. The number of carbonyl (C=O) groups is 2. The predicted octanol–water partition coefficient (Wildman–Crippen LogP) is 4.77. The fourth-order valence-corrected chi connectivity index (χ4v) is 6.04. The maximum atomic E-state index is 13.0. The van der Waals surface area contributed by atoms with E-state index in [0.29, 0.717) is 16.2 Å². The molecule has 4 aromatic rings. The van der Waals surface area contributed by atoms with E-state index < -0.39 is 21.9 Å². The third-order valence-corrected chi connectivity index (χ3v) is 8.47. The normalized spacial score (nSPS) is 11.9. The van der Waals surface area contributed by atoms with Crippen LogP contribution in [0.25, 0.3) is 10.2 Å². The Morgan fingerprint density at radius 3 is 2.36 bits per heavy atom. The monoisotopic (exact) mass is 567 g/mol. The Bertz CT molecular complexity index is 1650. The molecule has 0 aliphatic heterocycles. The average Bonchev–Trinajstić information content (AvgIpc) is 3.27. The van der Waals surface area contributed by atoms with Gasteiger partial charge in [-0.2, -0.15) is 4.99 Å². The van der Waals surface area contributed by atoms with Gasteiger partial charge in [-0.15, -0.1) is 0 Å². The van der Waals surface area contributed by atoms with Crippen LogP contribution in [0.3, 0.4) is 0 Å². The van der Waals surface area contributed by atoms with E-state index in [1.165, 1.54) is 67.5 Å². The van der Waals surface area contributed by atoms with Gasteiger partial charge >= 0.3 is 5.97 Å². The first-order valence-electron chi connectivity index (χ1n) is 12.3. The summed E-state index contributed by atoms with van der Waals surface area (Å²) in [6.07, 6.45) is 3.10. The van der Waals surface area contributed by atoms with Gasteiger partial charge in [0.05, 0.1) is 29.3 Å². The minimum atomic E-state index is -3.82. The van der Waals surface area contributed by atoms with Gasteiger partial charge in [-0.1, -0.05) is 30.7 Å². The Hall–Kier alpha value is -3.96. The van der Waals surface area contributed by atoms with Gasteiger partial charge in [-0.25, -0.2) is 8.42 Å². The number of anilines is 1. The number of aryl methyl sites for hydroxylation is 1. The fourth-order valence-electron chi connectivity index (χ4n) is 3.89. The molecule has 0 aliphatic rings. The highest BCUT2D eigenvalue weighted by Crippen LogP contribution is 2.22. The summed E-state index contributed by atoms with van der Waals surface area (Å²) in [7, 11) is -1.01. The summed E-state index contributed by atoms with van der Waals surface area (Å²) >= 11 is 1.33. The molecule has 1 amide bonds. The lowest BCUT2D eigenvalue weighted by Crippen LogP contribution is -2.22. The lowest BCUT2D eigenvalue weighted by atomic mass is 10.1. The van der Waals surface area contributed by atoms with Crippen molar-refractivity contribution >= 4 is 49.1 Å². The first-order chi connectivity index (χ1) is 18.7. The zero-order chi connectivity index (χ0) is 28.0. The highest BCUT2D eigenvalue weighted by Gasteiger charge is 2.16. The van der Waals surface area contributed by atoms with Gasteiger partial charge in [0.15, 0.2) is 4.80 Å². The molecule has 4 rings (SSSR count). The summed E-state index contributed by atoms with van der Waals surface area (Å²) in [6.45, 7) is 2.06. The molecule has 0 aliphatic carbocycles. The van der Waals surface area contributed by atoms with Gasteiger partial charge in [0.25, 0.3) is 15.9 Å². The predicted molar refractivity (Wildman–Crippen MR) is 151 cm³/mol. The largest absolute Gasteiger partial charge is 0.497 e. The number of carbonyl (C=O) groups excluding carboxylic acids is 2. The molecule has 0 unspecified atom stereocenters. The number of sulfonamides is 1. The molecule has 1 aromatic heterocycles. The third-order valence-electron chi connectivity index (χ3n) is 6.03. The maximum Gasteiger partial charge on any atom is 0.325 e. The molecule has 1 heterocycles. The fraction of sp³-hybridized carbons (Fsp3) is 0.250. The van der Waals surface area contributed by atoms with Crippen LogP contribution >= 0.6 is 11.3 Å². The van der Waals surface area contributed by atoms with Crippen molar-refractivity contribution in [3.63, 3.8) is 0 Å². The molecule has 9 nitrogen and oxygen atoms in total. The van der Waals surface area contributed by atoms with Gasteiger partial charge < -0.3 is 14.0 Å². The molecule has 39 heavy (non-hydrogen) atoms. The van der Waals surface area contributed by atoms with Gasteiger partial charge in [0, 0.05) is 11.3 Å². The SMILES string of the molecule is CCCCc1ccc2c(c1)sc(=NC(=O)c1ccc(NS(=O)(=O)c3ccc(OC)cc3)cc1)n2CC(=O)OC. The Morgan fingerprint density at radius 1 is 1.00 bits per heavy atom. The van der Waals surface area contributed by atoms with Crippen molar-refractivity contribution in [2.75, 3.05) is 18.9 Å². The van der Waals surface area contributed by atoms with Crippen LogP contribution in [-0.2, 0) is 32.5 Å². The molecule has 1 N–H and O–H groups in total. The zero-order valence-corrected chi connectivity index (χ0v) is 23.5. The van der Waals surface area contributed by atoms with Crippen LogP contribution in [0.5, 0.6) is 5.75 Å². The standard InChI is InChI=1S/C28H29N3O6S2/c1-4-5-6-19-7-16-24-25(17-19)38-28(31(24)18-26(32)37-3)29-27(33)20-8-10-21(11-9-20)30-39(34,35)23-14-12-22(36-2)13-15-23/h7-17,30H,4-6,18H2,1-3H3. The second-order valence-electron chi connectivity index (χ2n) is 8.73. The van der Waals surface area contributed by atoms with Crippen LogP contribution in [0.2, 0.25) is 0 Å². The van der Waals surface area contributed by atoms with E-state index in [0.717, 1.165) is 29.5 Å². The summed E-state index contributed by atoms with van der Waals surface area (Å²) in [5.74, 6) is -0.424. The van der Waals surface area contributed by atoms with Crippen molar-refractivity contribution in [3.8, 4) is 5.75 Å². The summed E-state index contributed by atoms with van der Waals surface area (Å²) in [5, 5.41) is 0. The molecule has 0 atom stereocenters. The number of fused-ring (bicyclic) bond motifs is 1. The van der Waals surface area contributed by atoms with Crippen LogP contribution < -0.4 is 14.3 Å². The lowest BCUT2D eigenvalue weighted by molar-refractivity contribution is -0.141. The number of esters is 1. The summed E-state index contributed by atoms with van der Waals surface area (Å²) in [6, 6.07) is 18.0. The van der Waals surface area contributed by atoms with E-state index in [4.69, 9.17) is 9.47 Å². The smallest absolute Gasteiger partial charge is 0.325 e. The Kier molecular flexibility index (Phi) is 8.82. The van der Waals surface area contributed by atoms with E-state index in [9.17, 15) is 18.0 Å². The second-order valence-corrected chi connectivity index (χ2v) is 11.4. The number of unbranched alkanes of at least 4 members (excludes halogenated alkanes) is 1. The first-order valence-corrected chi connectivity index (χ1v) is 14.6. The van der Waals surface area contributed by atoms with E-state index in [-0.39, 0.29) is 17.0 Å². The zero-order valence-electron chi connectivity index (χ0n) is 21.8. The Balaban J connectivity index is 1.60. The second kappa shape index (κ2) is 12.3. The number of thiazole rings is 1. The number of methoxy groups -OCH3 is 2. The minimum Gasteiger partial charge on any atom is -0.497 e. The number of benzene rings is 3. The van der Waals surface area contributed by atoms with Crippen LogP contribution in [0.15, 0.2) is 76.6 Å². The average molecular weight is 568 g/mol.